The molecule has 5 heteroatoms. The maximum Gasteiger partial charge on any atom is 0.227 e. The van der Waals surface area contributed by atoms with Crippen LogP contribution in [0.2, 0.25) is 0 Å². The van der Waals surface area contributed by atoms with Gasteiger partial charge in [0.05, 0.1) is 37.9 Å². The molecule has 1 aromatic rings. The zero-order chi connectivity index (χ0) is 15.4. The average molecular weight is 321 g/mol. The number of hydrogen-bond donors (Lipinski definition) is 0. The van der Waals surface area contributed by atoms with Gasteiger partial charge in [-0.2, -0.15) is 11.3 Å². The van der Waals surface area contributed by atoms with Crippen molar-refractivity contribution in [3.63, 3.8) is 0 Å². The molecule has 4 nitrogen and oxygen atoms in total. The van der Waals surface area contributed by atoms with Gasteiger partial charge in [-0.3, -0.25) is 4.79 Å². The Balaban J connectivity index is 1.51. The first kappa shape index (κ1) is 15.7. The molecule has 22 heavy (non-hydrogen) atoms. The smallest absolute Gasteiger partial charge is 0.227 e. The van der Waals surface area contributed by atoms with Crippen LogP contribution in [0.4, 0.5) is 0 Å². The fourth-order valence-electron chi connectivity index (χ4n) is 3.38. The van der Waals surface area contributed by atoms with E-state index in [2.05, 4.69) is 12.0 Å². The third-order valence-electron chi connectivity index (χ3n) is 4.43. The summed E-state index contributed by atoms with van der Waals surface area (Å²) >= 11 is 1.64. The molecule has 3 heterocycles. The van der Waals surface area contributed by atoms with E-state index in [-0.39, 0.29) is 24.2 Å². The lowest BCUT2D eigenvalue weighted by Gasteiger charge is -2.35. The van der Waals surface area contributed by atoms with Gasteiger partial charge in [0.2, 0.25) is 5.91 Å². The fraction of sp³-hybridized carbons (Fsp3) is 0.588. The molecule has 1 aromatic heterocycles. The number of ether oxygens (including phenoxy) is 2. The number of hydrogen-bond acceptors (Lipinski definition) is 4. The maximum absolute atomic E-state index is 12.5. The van der Waals surface area contributed by atoms with Crippen LogP contribution in [0.5, 0.6) is 0 Å². The Bertz CT molecular complexity index is 502. The number of amides is 1. The molecule has 0 N–H and O–H groups in total. The van der Waals surface area contributed by atoms with Crippen LogP contribution in [0.1, 0.15) is 24.8 Å². The molecule has 0 unspecified atom stereocenters. The lowest BCUT2D eigenvalue weighted by molar-refractivity contribution is -0.138. The predicted octanol–water partition coefficient (Wildman–Crippen LogP) is 2.64. The zero-order valence-corrected chi connectivity index (χ0v) is 13.6. The highest BCUT2D eigenvalue weighted by Crippen LogP contribution is 2.32. The average Bonchev–Trinajstić information content (AvgIpc) is 3.16. The van der Waals surface area contributed by atoms with Gasteiger partial charge in [0, 0.05) is 6.54 Å². The van der Waals surface area contributed by atoms with Crippen molar-refractivity contribution in [2.45, 2.75) is 43.9 Å². The van der Waals surface area contributed by atoms with Crippen molar-refractivity contribution in [1.82, 2.24) is 4.90 Å². The van der Waals surface area contributed by atoms with Crippen molar-refractivity contribution < 1.29 is 14.3 Å². The Labute approximate surface area is 135 Å². The van der Waals surface area contributed by atoms with Crippen LogP contribution in [0.25, 0.3) is 0 Å². The summed E-state index contributed by atoms with van der Waals surface area (Å²) in [6, 6.07) is 2.28. The summed E-state index contributed by atoms with van der Waals surface area (Å²) < 4.78 is 11.6. The molecular weight excluding hydrogens is 298 g/mol. The zero-order valence-electron chi connectivity index (χ0n) is 12.8. The Morgan fingerprint density at radius 3 is 3.18 bits per heavy atom. The van der Waals surface area contributed by atoms with Crippen LogP contribution in [-0.4, -0.2) is 48.8 Å². The Hall–Kier alpha value is -1.17. The Morgan fingerprint density at radius 2 is 2.41 bits per heavy atom. The second kappa shape index (κ2) is 7.40. The third kappa shape index (κ3) is 3.59. The maximum atomic E-state index is 12.5. The van der Waals surface area contributed by atoms with Gasteiger partial charge in [-0.05, 0) is 41.7 Å². The third-order valence-corrected chi connectivity index (χ3v) is 5.16. The van der Waals surface area contributed by atoms with E-state index in [0.717, 1.165) is 31.4 Å². The number of thiophene rings is 1. The molecule has 0 saturated carbocycles. The van der Waals surface area contributed by atoms with Gasteiger partial charge >= 0.3 is 0 Å². The summed E-state index contributed by atoms with van der Waals surface area (Å²) in [7, 11) is 0. The lowest BCUT2D eigenvalue weighted by Crippen LogP contribution is -2.46. The lowest BCUT2D eigenvalue weighted by atomic mass is 9.99. The fourth-order valence-corrected chi connectivity index (χ4v) is 4.05. The second-order valence-corrected chi connectivity index (χ2v) is 6.73. The molecule has 2 aliphatic heterocycles. The topological polar surface area (TPSA) is 38.8 Å². The van der Waals surface area contributed by atoms with Gasteiger partial charge in [0.15, 0.2) is 0 Å². The number of fused-ring (bicyclic) bond motifs is 1. The number of carbonyl (C=O) groups is 1. The number of likely N-dealkylation sites (tertiary alicyclic amines) is 1. The normalized spacial score (nSPS) is 27.6. The number of carbonyl (C=O) groups excluding carboxylic acids is 1. The van der Waals surface area contributed by atoms with Crippen LogP contribution in [0.15, 0.2) is 29.5 Å². The standard InChI is InChI=1S/C17H23NO3S/c1-2-8-20-11-14-3-4-15-16(21-14)5-7-18(15)17(19)10-13-6-9-22-12-13/h2,6,9,12,14-16H,1,3-5,7-8,10-11H2/t14-,15-,16-/m0/s1. The predicted molar refractivity (Wildman–Crippen MR) is 87.1 cm³/mol. The molecule has 2 aliphatic rings. The van der Waals surface area contributed by atoms with Gasteiger partial charge in [0.25, 0.3) is 0 Å². The molecular formula is C17H23NO3S. The van der Waals surface area contributed by atoms with Gasteiger partial charge in [-0.1, -0.05) is 6.08 Å². The molecule has 3 atom stereocenters. The quantitative estimate of drug-likeness (QED) is 0.597. The van der Waals surface area contributed by atoms with Crippen molar-refractivity contribution in [3.8, 4) is 0 Å². The van der Waals surface area contributed by atoms with E-state index in [1.165, 1.54) is 0 Å². The van der Waals surface area contributed by atoms with Gasteiger partial charge < -0.3 is 14.4 Å². The van der Waals surface area contributed by atoms with E-state index in [1.807, 2.05) is 16.3 Å². The molecule has 2 saturated heterocycles. The van der Waals surface area contributed by atoms with E-state index in [0.29, 0.717) is 19.6 Å². The largest absolute Gasteiger partial charge is 0.375 e. The molecule has 0 radical (unpaired) electrons. The van der Waals surface area contributed by atoms with Crippen LogP contribution in [0.3, 0.4) is 0 Å². The van der Waals surface area contributed by atoms with E-state index >= 15 is 0 Å². The summed E-state index contributed by atoms with van der Waals surface area (Å²) in [5.74, 6) is 0.232. The van der Waals surface area contributed by atoms with Crippen molar-refractivity contribution in [3.05, 3.63) is 35.0 Å². The Kier molecular flexibility index (Phi) is 5.28. The first-order chi connectivity index (χ1) is 10.8. The van der Waals surface area contributed by atoms with Crippen LogP contribution in [-0.2, 0) is 20.7 Å². The summed E-state index contributed by atoms with van der Waals surface area (Å²) in [5.41, 5.74) is 1.12. The monoisotopic (exact) mass is 321 g/mol. The number of nitrogens with zero attached hydrogens (tertiary/aromatic N) is 1. The van der Waals surface area contributed by atoms with Gasteiger partial charge in [-0.25, -0.2) is 0 Å². The molecule has 0 aromatic carbocycles. The molecule has 0 aliphatic carbocycles. The highest BCUT2D eigenvalue weighted by Gasteiger charge is 2.41. The van der Waals surface area contributed by atoms with Gasteiger partial charge in [0.1, 0.15) is 0 Å². The van der Waals surface area contributed by atoms with Crippen molar-refractivity contribution in [1.29, 1.82) is 0 Å². The van der Waals surface area contributed by atoms with Crippen molar-refractivity contribution >= 4 is 17.2 Å². The highest BCUT2D eigenvalue weighted by atomic mass is 32.1. The minimum Gasteiger partial charge on any atom is -0.375 e. The van der Waals surface area contributed by atoms with Crippen molar-refractivity contribution in [2.75, 3.05) is 19.8 Å². The van der Waals surface area contributed by atoms with Crippen LogP contribution in [0, 0.1) is 0 Å². The minimum atomic E-state index is 0.160. The van der Waals surface area contributed by atoms with Crippen LogP contribution >= 0.6 is 11.3 Å². The molecule has 0 spiro atoms. The summed E-state index contributed by atoms with van der Waals surface area (Å²) in [5, 5.41) is 4.07. The van der Waals surface area contributed by atoms with Gasteiger partial charge in [-0.15, -0.1) is 6.58 Å². The second-order valence-electron chi connectivity index (χ2n) is 5.95. The summed E-state index contributed by atoms with van der Waals surface area (Å²) in [4.78, 5) is 14.5. The summed E-state index contributed by atoms with van der Waals surface area (Å²) in [6.07, 6.45) is 5.52. The van der Waals surface area contributed by atoms with E-state index in [4.69, 9.17) is 9.47 Å². The molecule has 1 amide bonds. The van der Waals surface area contributed by atoms with Crippen molar-refractivity contribution in [2.24, 2.45) is 0 Å². The van der Waals surface area contributed by atoms with E-state index in [9.17, 15) is 4.79 Å². The number of rotatable bonds is 6. The highest BCUT2D eigenvalue weighted by molar-refractivity contribution is 7.07. The molecule has 2 fully saturated rings. The molecule has 0 bridgehead atoms. The van der Waals surface area contributed by atoms with E-state index in [1.54, 1.807) is 17.4 Å². The van der Waals surface area contributed by atoms with Crippen LogP contribution < -0.4 is 0 Å². The first-order valence-electron chi connectivity index (χ1n) is 7.92. The molecule has 3 rings (SSSR count). The SMILES string of the molecule is C=CCOC[C@@H]1CC[C@H]2[C@H](CCN2C(=O)Cc2ccsc2)O1. The first-order valence-corrected chi connectivity index (χ1v) is 8.87. The van der Waals surface area contributed by atoms with E-state index < -0.39 is 0 Å². The summed E-state index contributed by atoms with van der Waals surface area (Å²) in [6.45, 7) is 5.66. The Morgan fingerprint density at radius 1 is 1.50 bits per heavy atom. The molecule has 120 valence electrons. The minimum absolute atomic E-state index is 0.160.